The first kappa shape index (κ1) is 55.1. The summed E-state index contributed by atoms with van der Waals surface area (Å²) in [6.45, 7) is 31.9. The second kappa shape index (κ2) is 26.7. The third kappa shape index (κ3) is 23.6. The lowest BCUT2D eigenvalue weighted by Crippen LogP contribution is -2.50. The van der Waals surface area contributed by atoms with Gasteiger partial charge in [-0.25, -0.2) is 4.79 Å². The summed E-state index contributed by atoms with van der Waals surface area (Å²) in [4.78, 5) is 40.2. The van der Waals surface area contributed by atoms with E-state index in [9.17, 15) is 14.4 Å². The van der Waals surface area contributed by atoms with Crippen molar-refractivity contribution in [3.05, 3.63) is 71.8 Å². The smallest absolute Gasteiger partial charge is 0.407 e. The van der Waals surface area contributed by atoms with E-state index in [4.69, 9.17) is 23.1 Å². The molecule has 0 aliphatic heterocycles. The maximum Gasteiger partial charge on any atom is 0.407 e. The molecule has 352 valence electrons. The number of ether oxygens (including phenoxy) is 3. The number of carbonyl (C=O) groups excluding carboxylic acids is 3. The maximum atomic E-state index is 12.6. The van der Waals surface area contributed by atoms with E-state index in [1.54, 1.807) is 0 Å². The number of nitrogens with zero attached hydrogens (tertiary/aromatic N) is 1. The van der Waals surface area contributed by atoms with E-state index < -0.39 is 28.3 Å². The Kier molecular flexibility index (Phi) is 23.7. The standard InChI is InChI=1S/C50H86N2O8Si2/c1-48(2,3)58-47(55)51-35-26-36-52(37-43(59-61(10,11)49(4,5)6)31-22-16-24-33-45(53)56-39-41-27-18-14-19-28-41)38-44(60-62(12,13)50(7,8)9)32-23-17-25-34-46(54)57-40-42-29-20-15-21-30-42/h14-15,18-21,27-30,43-44H,16-17,22-26,31-40H2,1-13H3,(H,51,55). The van der Waals surface area contributed by atoms with Crippen LogP contribution in [0, 0.1) is 0 Å². The Labute approximate surface area is 379 Å². The van der Waals surface area contributed by atoms with Crippen LogP contribution < -0.4 is 5.32 Å². The van der Waals surface area contributed by atoms with Gasteiger partial charge in [0, 0.05) is 39.0 Å². The van der Waals surface area contributed by atoms with E-state index in [0.29, 0.717) is 32.6 Å². The number of amides is 1. The van der Waals surface area contributed by atoms with Crippen LogP contribution in [0.25, 0.3) is 0 Å². The van der Waals surface area contributed by atoms with Gasteiger partial charge in [-0.2, -0.15) is 0 Å². The van der Waals surface area contributed by atoms with Crippen molar-refractivity contribution >= 4 is 34.7 Å². The highest BCUT2D eigenvalue weighted by molar-refractivity contribution is 6.74. The largest absolute Gasteiger partial charge is 0.461 e. The summed E-state index contributed by atoms with van der Waals surface area (Å²) in [5, 5.41) is 3.04. The van der Waals surface area contributed by atoms with Crippen molar-refractivity contribution < 1.29 is 37.4 Å². The van der Waals surface area contributed by atoms with Crippen molar-refractivity contribution in [2.24, 2.45) is 0 Å². The first-order valence-corrected chi connectivity index (χ1v) is 29.1. The molecule has 0 radical (unpaired) electrons. The fourth-order valence-corrected chi connectivity index (χ4v) is 9.22. The van der Waals surface area contributed by atoms with Gasteiger partial charge in [0.15, 0.2) is 16.6 Å². The summed E-state index contributed by atoms with van der Waals surface area (Å²) in [6, 6.07) is 19.6. The van der Waals surface area contributed by atoms with E-state index in [-0.39, 0.29) is 34.2 Å². The summed E-state index contributed by atoms with van der Waals surface area (Å²) in [7, 11) is -4.29. The summed E-state index contributed by atoms with van der Waals surface area (Å²) < 4.78 is 31.0. The van der Waals surface area contributed by atoms with Gasteiger partial charge in [-0.15, -0.1) is 0 Å². The van der Waals surface area contributed by atoms with E-state index in [1.165, 1.54) is 0 Å². The highest BCUT2D eigenvalue weighted by Gasteiger charge is 2.41. The number of nitrogens with one attached hydrogen (secondary N) is 1. The summed E-state index contributed by atoms with van der Waals surface area (Å²) in [5.41, 5.74) is 1.42. The molecular formula is C50H86N2O8Si2. The van der Waals surface area contributed by atoms with Crippen LogP contribution in [-0.2, 0) is 45.9 Å². The van der Waals surface area contributed by atoms with Gasteiger partial charge >= 0.3 is 18.0 Å². The second-order valence-corrected chi connectivity index (χ2v) is 30.5. The first-order valence-electron chi connectivity index (χ1n) is 23.3. The number of hydrogen-bond donors (Lipinski definition) is 1. The molecule has 10 nitrogen and oxygen atoms in total. The van der Waals surface area contributed by atoms with Gasteiger partial charge in [-0.3, -0.25) is 14.5 Å². The number of carbonyl (C=O) groups is 3. The summed E-state index contributed by atoms with van der Waals surface area (Å²) >= 11 is 0. The van der Waals surface area contributed by atoms with Crippen molar-refractivity contribution in [2.75, 3.05) is 26.2 Å². The minimum atomic E-state index is -2.14. The van der Waals surface area contributed by atoms with Crippen LogP contribution in [0.15, 0.2) is 60.7 Å². The van der Waals surface area contributed by atoms with Crippen LogP contribution in [0.3, 0.4) is 0 Å². The Balaban J connectivity index is 2.20. The van der Waals surface area contributed by atoms with Crippen LogP contribution in [0.1, 0.15) is 144 Å². The molecule has 2 atom stereocenters. The van der Waals surface area contributed by atoms with E-state index >= 15 is 0 Å². The molecule has 62 heavy (non-hydrogen) atoms. The minimum absolute atomic E-state index is 0.00448. The molecule has 0 fully saturated rings. The Bertz CT molecular complexity index is 1470. The zero-order valence-corrected chi connectivity index (χ0v) is 43.2. The molecule has 0 heterocycles. The number of esters is 2. The average molecular weight is 899 g/mol. The average Bonchev–Trinajstić information content (AvgIpc) is 3.16. The van der Waals surface area contributed by atoms with Gasteiger partial charge in [0.05, 0.1) is 12.2 Å². The number of benzene rings is 2. The summed E-state index contributed by atoms with van der Waals surface area (Å²) in [5.74, 6) is -0.324. The number of rotatable bonds is 28. The van der Waals surface area contributed by atoms with Crippen molar-refractivity contribution in [1.82, 2.24) is 10.2 Å². The lowest BCUT2D eigenvalue weighted by atomic mass is 10.1. The number of unbranched alkanes of at least 4 members (excludes halogenated alkanes) is 4. The van der Waals surface area contributed by atoms with Crippen LogP contribution in [-0.4, -0.2) is 83.6 Å². The first-order chi connectivity index (χ1) is 28.9. The highest BCUT2D eigenvalue weighted by Crippen LogP contribution is 2.39. The lowest BCUT2D eigenvalue weighted by molar-refractivity contribution is -0.146. The van der Waals surface area contributed by atoms with Crippen molar-refractivity contribution in [3.63, 3.8) is 0 Å². The fourth-order valence-electron chi connectivity index (χ4n) is 6.46. The molecule has 1 N–H and O–H groups in total. The van der Waals surface area contributed by atoms with Crippen molar-refractivity contribution in [1.29, 1.82) is 0 Å². The van der Waals surface area contributed by atoms with Gasteiger partial charge in [-0.1, -0.05) is 128 Å². The predicted molar refractivity (Wildman–Crippen MR) is 258 cm³/mol. The molecule has 2 unspecified atom stereocenters. The quantitative estimate of drug-likeness (QED) is 0.0386. The SMILES string of the molecule is CC(C)(C)OC(=O)NCCCN(CC(CCCCCC(=O)OCc1ccccc1)O[Si](C)(C)C(C)(C)C)CC(CCCCCC(=O)OCc1ccccc1)O[Si](C)(C)C(C)(C)C. The van der Waals surface area contributed by atoms with Crippen LogP contribution >= 0.6 is 0 Å². The molecule has 0 saturated heterocycles. The van der Waals surface area contributed by atoms with Crippen molar-refractivity contribution in [3.8, 4) is 0 Å². The Morgan fingerprint density at radius 2 is 0.984 bits per heavy atom. The molecular weight excluding hydrogens is 813 g/mol. The van der Waals surface area contributed by atoms with Gasteiger partial charge in [0.1, 0.15) is 18.8 Å². The lowest BCUT2D eigenvalue weighted by Gasteiger charge is -2.42. The number of alkyl carbamates (subject to hydrolysis) is 1. The number of hydrogen-bond acceptors (Lipinski definition) is 9. The molecule has 0 aromatic heterocycles. The maximum absolute atomic E-state index is 12.6. The third-order valence-electron chi connectivity index (χ3n) is 12.1. The predicted octanol–water partition coefficient (Wildman–Crippen LogP) is 12.4. The van der Waals surface area contributed by atoms with E-state index in [1.807, 2.05) is 81.4 Å². The van der Waals surface area contributed by atoms with Crippen LogP contribution in [0.2, 0.25) is 36.3 Å². The summed E-state index contributed by atoms with van der Waals surface area (Å²) in [6.07, 6.45) is 8.14. The second-order valence-electron chi connectivity index (χ2n) is 21.0. The van der Waals surface area contributed by atoms with Crippen molar-refractivity contribution in [2.45, 2.75) is 200 Å². The van der Waals surface area contributed by atoms with E-state index in [0.717, 1.165) is 88.5 Å². The monoisotopic (exact) mass is 899 g/mol. The molecule has 0 spiro atoms. The highest BCUT2D eigenvalue weighted by atomic mass is 28.4. The Hall–Kier alpha value is -3.04. The Morgan fingerprint density at radius 1 is 0.581 bits per heavy atom. The van der Waals surface area contributed by atoms with Crippen LogP contribution in [0.4, 0.5) is 4.79 Å². The molecule has 0 aliphatic rings. The zero-order chi connectivity index (χ0) is 46.5. The molecule has 2 aromatic rings. The molecule has 1 amide bonds. The zero-order valence-electron chi connectivity index (χ0n) is 41.2. The Morgan fingerprint density at radius 3 is 1.35 bits per heavy atom. The normalized spacial score (nSPS) is 13.7. The third-order valence-corrected chi connectivity index (χ3v) is 21.1. The van der Waals surface area contributed by atoms with Gasteiger partial charge < -0.3 is 28.4 Å². The van der Waals surface area contributed by atoms with Gasteiger partial charge in [-0.05, 0) is 100 Å². The van der Waals surface area contributed by atoms with Gasteiger partial charge in [0.2, 0.25) is 0 Å². The van der Waals surface area contributed by atoms with Gasteiger partial charge in [0.25, 0.3) is 0 Å². The van der Waals surface area contributed by atoms with E-state index in [2.05, 4.69) is 77.9 Å². The molecule has 0 saturated carbocycles. The molecule has 2 aromatic carbocycles. The fraction of sp³-hybridized carbons (Fsp3) is 0.700. The minimum Gasteiger partial charge on any atom is -0.461 e. The molecule has 0 bridgehead atoms. The molecule has 0 aliphatic carbocycles. The van der Waals surface area contributed by atoms with Crippen LogP contribution in [0.5, 0.6) is 0 Å². The topological polar surface area (TPSA) is 113 Å². The molecule has 12 heteroatoms. The molecule has 2 rings (SSSR count).